The second kappa shape index (κ2) is 4.59. The van der Waals surface area contributed by atoms with Crippen molar-refractivity contribution >= 4 is 0 Å². The maximum atomic E-state index is 9.27. The lowest BCUT2D eigenvalue weighted by atomic mass is 9.94. The van der Waals surface area contributed by atoms with Crippen molar-refractivity contribution in [2.75, 3.05) is 0 Å². The largest absolute Gasteiger partial charge is 0.259 e. The number of benzene rings is 1. The predicted molar refractivity (Wildman–Crippen MR) is 62.9 cm³/mol. The SMILES string of the molecule is Cc1cccnc1C(C#N)c1ccccc1. The van der Waals surface area contributed by atoms with Crippen molar-refractivity contribution in [1.29, 1.82) is 5.26 Å². The standard InChI is InChI=1S/C14H12N2/c1-11-6-5-9-16-14(11)13(10-15)12-7-3-2-4-8-12/h2-9,13H,1H3. The van der Waals surface area contributed by atoms with E-state index in [2.05, 4.69) is 11.1 Å². The highest BCUT2D eigenvalue weighted by atomic mass is 14.7. The molecule has 1 heterocycles. The van der Waals surface area contributed by atoms with E-state index in [9.17, 15) is 5.26 Å². The van der Waals surface area contributed by atoms with E-state index in [0.29, 0.717) is 0 Å². The number of hydrogen-bond acceptors (Lipinski definition) is 2. The molecule has 1 aromatic heterocycles. The highest BCUT2D eigenvalue weighted by Gasteiger charge is 2.15. The first-order valence-electron chi connectivity index (χ1n) is 5.19. The molecule has 0 aliphatic heterocycles. The second-order valence-electron chi connectivity index (χ2n) is 3.68. The third-order valence-electron chi connectivity index (χ3n) is 2.59. The topological polar surface area (TPSA) is 36.7 Å². The van der Waals surface area contributed by atoms with Gasteiger partial charge >= 0.3 is 0 Å². The Balaban J connectivity index is 2.47. The summed E-state index contributed by atoms with van der Waals surface area (Å²) in [5.74, 6) is -0.276. The van der Waals surface area contributed by atoms with Crippen LogP contribution < -0.4 is 0 Å². The van der Waals surface area contributed by atoms with E-state index in [-0.39, 0.29) is 5.92 Å². The molecule has 0 fully saturated rings. The quantitative estimate of drug-likeness (QED) is 0.760. The van der Waals surface area contributed by atoms with Gasteiger partial charge in [0.2, 0.25) is 0 Å². The summed E-state index contributed by atoms with van der Waals surface area (Å²) in [6.07, 6.45) is 1.73. The second-order valence-corrected chi connectivity index (χ2v) is 3.68. The van der Waals surface area contributed by atoms with Gasteiger partial charge in [0.25, 0.3) is 0 Å². The Labute approximate surface area is 95.2 Å². The Morgan fingerprint density at radius 2 is 1.88 bits per heavy atom. The summed E-state index contributed by atoms with van der Waals surface area (Å²) in [6.45, 7) is 1.98. The molecule has 0 saturated heterocycles. The van der Waals surface area contributed by atoms with Crippen molar-refractivity contribution in [1.82, 2.24) is 4.98 Å². The summed E-state index contributed by atoms with van der Waals surface area (Å²) in [5, 5.41) is 9.27. The van der Waals surface area contributed by atoms with Crippen LogP contribution in [-0.2, 0) is 0 Å². The van der Waals surface area contributed by atoms with Crippen molar-refractivity contribution in [2.45, 2.75) is 12.8 Å². The Hall–Kier alpha value is -2.14. The highest BCUT2D eigenvalue weighted by molar-refractivity contribution is 5.37. The van der Waals surface area contributed by atoms with Crippen LogP contribution in [0, 0.1) is 18.3 Å². The Morgan fingerprint density at radius 1 is 1.12 bits per heavy atom. The number of aromatic nitrogens is 1. The van der Waals surface area contributed by atoms with Gasteiger partial charge in [-0.05, 0) is 24.1 Å². The first kappa shape index (κ1) is 10.4. The summed E-state index contributed by atoms with van der Waals surface area (Å²) < 4.78 is 0. The van der Waals surface area contributed by atoms with Crippen LogP contribution in [0.25, 0.3) is 0 Å². The number of pyridine rings is 1. The first-order valence-corrected chi connectivity index (χ1v) is 5.19. The van der Waals surface area contributed by atoms with Crippen LogP contribution in [-0.4, -0.2) is 4.98 Å². The lowest BCUT2D eigenvalue weighted by Crippen LogP contribution is -2.02. The smallest absolute Gasteiger partial charge is 0.114 e. The molecule has 0 amide bonds. The van der Waals surface area contributed by atoms with E-state index in [1.807, 2.05) is 49.4 Å². The van der Waals surface area contributed by atoms with Crippen molar-refractivity contribution in [3.8, 4) is 6.07 Å². The van der Waals surface area contributed by atoms with Gasteiger partial charge in [-0.2, -0.15) is 5.26 Å². The Morgan fingerprint density at radius 3 is 2.50 bits per heavy atom. The normalized spacial score (nSPS) is 11.8. The zero-order chi connectivity index (χ0) is 11.4. The maximum absolute atomic E-state index is 9.27. The van der Waals surface area contributed by atoms with Crippen molar-refractivity contribution in [2.24, 2.45) is 0 Å². The monoisotopic (exact) mass is 208 g/mol. The number of hydrogen-bond donors (Lipinski definition) is 0. The van der Waals surface area contributed by atoms with Crippen molar-refractivity contribution < 1.29 is 0 Å². The average Bonchev–Trinajstić information content (AvgIpc) is 2.34. The van der Waals surface area contributed by atoms with Crippen LogP contribution >= 0.6 is 0 Å². The molecule has 1 unspecified atom stereocenters. The van der Waals surface area contributed by atoms with Gasteiger partial charge < -0.3 is 0 Å². The fourth-order valence-electron chi connectivity index (χ4n) is 1.74. The van der Waals surface area contributed by atoms with E-state index < -0.39 is 0 Å². The molecule has 0 spiro atoms. The lowest BCUT2D eigenvalue weighted by molar-refractivity contribution is 0.946. The molecule has 78 valence electrons. The lowest BCUT2D eigenvalue weighted by Gasteiger charge is -2.10. The van der Waals surface area contributed by atoms with Crippen LogP contribution in [0.15, 0.2) is 48.7 Å². The molecular weight excluding hydrogens is 196 g/mol. The summed E-state index contributed by atoms with van der Waals surface area (Å²) in [6, 6.07) is 15.9. The van der Waals surface area contributed by atoms with Crippen LogP contribution in [0.2, 0.25) is 0 Å². The average molecular weight is 208 g/mol. The van der Waals surface area contributed by atoms with E-state index >= 15 is 0 Å². The molecule has 1 atom stereocenters. The van der Waals surface area contributed by atoms with E-state index in [1.54, 1.807) is 6.20 Å². The number of rotatable bonds is 2. The fraction of sp³-hybridized carbons (Fsp3) is 0.143. The Kier molecular flexibility index (Phi) is 2.98. The van der Waals surface area contributed by atoms with Gasteiger partial charge in [-0.25, -0.2) is 0 Å². The molecule has 2 rings (SSSR count). The molecular formula is C14H12N2. The molecule has 0 aliphatic rings. The van der Waals surface area contributed by atoms with E-state index in [4.69, 9.17) is 0 Å². The number of nitrogens with zero attached hydrogens (tertiary/aromatic N) is 2. The van der Waals surface area contributed by atoms with Gasteiger partial charge in [0, 0.05) is 6.20 Å². The third-order valence-corrected chi connectivity index (χ3v) is 2.59. The van der Waals surface area contributed by atoms with Crippen molar-refractivity contribution in [3.05, 3.63) is 65.5 Å². The van der Waals surface area contributed by atoms with Crippen molar-refractivity contribution in [3.63, 3.8) is 0 Å². The third kappa shape index (κ3) is 1.94. The zero-order valence-corrected chi connectivity index (χ0v) is 9.09. The van der Waals surface area contributed by atoms with Crippen LogP contribution in [0.4, 0.5) is 0 Å². The molecule has 0 bridgehead atoms. The summed E-state index contributed by atoms with van der Waals surface area (Å²) >= 11 is 0. The number of nitriles is 1. The Bertz CT molecular complexity index is 512. The molecule has 1 aromatic carbocycles. The van der Waals surface area contributed by atoms with Gasteiger partial charge in [-0.3, -0.25) is 4.98 Å². The summed E-state index contributed by atoms with van der Waals surface area (Å²) in [5.41, 5.74) is 2.89. The van der Waals surface area contributed by atoms with Crippen LogP contribution in [0.5, 0.6) is 0 Å². The molecule has 16 heavy (non-hydrogen) atoms. The molecule has 2 aromatic rings. The molecule has 0 aliphatic carbocycles. The minimum Gasteiger partial charge on any atom is -0.259 e. The van der Waals surface area contributed by atoms with Gasteiger partial charge in [-0.1, -0.05) is 36.4 Å². The van der Waals surface area contributed by atoms with Gasteiger partial charge in [0.05, 0.1) is 11.8 Å². The molecule has 0 radical (unpaired) electrons. The molecule has 2 heteroatoms. The van der Waals surface area contributed by atoms with Crippen LogP contribution in [0.1, 0.15) is 22.7 Å². The highest BCUT2D eigenvalue weighted by Crippen LogP contribution is 2.24. The fourth-order valence-corrected chi connectivity index (χ4v) is 1.74. The first-order chi connectivity index (χ1) is 7.83. The minimum atomic E-state index is -0.276. The van der Waals surface area contributed by atoms with Gasteiger partial charge in [0.1, 0.15) is 5.92 Å². The minimum absolute atomic E-state index is 0.276. The predicted octanol–water partition coefficient (Wildman–Crippen LogP) is 3.05. The number of aryl methyl sites for hydroxylation is 1. The van der Waals surface area contributed by atoms with Crippen LogP contribution in [0.3, 0.4) is 0 Å². The van der Waals surface area contributed by atoms with E-state index in [0.717, 1.165) is 16.8 Å². The summed E-state index contributed by atoms with van der Waals surface area (Å²) in [7, 11) is 0. The van der Waals surface area contributed by atoms with Gasteiger partial charge in [0.15, 0.2) is 0 Å². The zero-order valence-electron chi connectivity index (χ0n) is 9.09. The maximum Gasteiger partial charge on any atom is 0.114 e. The summed E-state index contributed by atoms with van der Waals surface area (Å²) in [4.78, 5) is 4.30. The van der Waals surface area contributed by atoms with Gasteiger partial charge in [-0.15, -0.1) is 0 Å². The molecule has 0 saturated carbocycles. The molecule has 2 nitrogen and oxygen atoms in total. The van der Waals surface area contributed by atoms with E-state index in [1.165, 1.54) is 0 Å². The molecule has 0 N–H and O–H groups in total.